The molecule has 0 radical (unpaired) electrons. The van der Waals surface area contributed by atoms with E-state index in [1.807, 2.05) is 0 Å². The molecular weight excluding hydrogens is 352 g/mol. The van der Waals surface area contributed by atoms with Crippen molar-refractivity contribution in [2.75, 3.05) is 13.1 Å². The van der Waals surface area contributed by atoms with Gasteiger partial charge in [0.05, 0.1) is 28.4 Å². The zero-order valence-corrected chi connectivity index (χ0v) is 14.5. The van der Waals surface area contributed by atoms with Crippen LogP contribution in [0, 0.1) is 13.8 Å². The fraction of sp³-hybridized carbons (Fsp3) is 0.250. The lowest BCUT2D eigenvalue weighted by atomic mass is 10.2. The van der Waals surface area contributed by atoms with Gasteiger partial charge in [0.15, 0.2) is 0 Å². The Morgan fingerprint density at radius 1 is 0.708 bits per heavy atom. The predicted octanol–water partition coefficient (Wildman–Crippen LogP) is 2.41. The molecule has 0 heterocycles. The van der Waals surface area contributed by atoms with Crippen molar-refractivity contribution in [1.29, 1.82) is 0 Å². The SMILES string of the molecule is [2H]C([2H])(OS(=O)(=O)c1ccc(C)cc1)C([2H])([2H])OS(=O)(=O)c1ccc(C)cc1. The Labute approximate surface area is 147 Å². The maximum Gasteiger partial charge on any atom is 0.297 e. The molecular formula is C16H18O6S2. The minimum absolute atomic E-state index is 0.417. The second-order valence-electron chi connectivity index (χ2n) is 4.91. The van der Waals surface area contributed by atoms with Crippen LogP contribution in [0.4, 0.5) is 0 Å². The fourth-order valence-electron chi connectivity index (χ4n) is 1.65. The van der Waals surface area contributed by atoms with Gasteiger partial charge in [-0.3, -0.25) is 8.37 Å². The van der Waals surface area contributed by atoms with Gasteiger partial charge < -0.3 is 0 Å². The average Bonchev–Trinajstić information content (AvgIpc) is 2.53. The van der Waals surface area contributed by atoms with Crippen LogP contribution in [-0.2, 0) is 28.6 Å². The summed E-state index contributed by atoms with van der Waals surface area (Å²) >= 11 is 0. The molecule has 0 bridgehead atoms. The smallest absolute Gasteiger partial charge is 0.264 e. The van der Waals surface area contributed by atoms with Gasteiger partial charge in [0.25, 0.3) is 20.2 Å². The van der Waals surface area contributed by atoms with Crippen molar-refractivity contribution in [2.24, 2.45) is 0 Å². The minimum atomic E-state index is -4.73. The largest absolute Gasteiger partial charge is 0.297 e. The van der Waals surface area contributed by atoms with Gasteiger partial charge in [-0.15, -0.1) is 0 Å². The van der Waals surface area contributed by atoms with E-state index in [0.717, 1.165) is 35.4 Å². The number of aryl methyl sites for hydroxylation is 2. The van der Waals surface area contributed by atoms with E-state index in [4.69, 9.17) is 5.48 Å². The molecule has 24 heavy (non-hydrogen) atoms. The minimum Gasteiger partial charge on any atom is -0.264 e. The third-order valence-corrected chi connectivity index (χ3v) is 5.27. The van der Waals surface area contributed by atoms with E-state index in [2.05, 4.69) is 8.37 Å². The summed E-state index contributed by atoms with van der Waals surface area (Å²) in [6, 6.07) is 10.4. The molecule has 0 aromatic heterocycles. The predicted molar refractivity (Wildman–Crippen MR) is 88.6 cm³/mol. The number of hydrogen-bond acceptors (Lipinski definition) is 6. The van der Waals surface area contributed by atoms with E-state index in [0.29, 0.717) is 0 Å². The lowest BCUT2D eigenvalue weighted by molar-refractivity contribution is 0.224. The quantitative estimate of drug-likeness (QED) is 0.692. The number of benzene rings is 2. The molecule has 0 aliphatic rings. The zero-order chi connectivity index (χ0) is 21.4. The van der Waals surface area contributed by atoms with Crippen LogP contribution in [0.15, 0.2) is 58.3 Å². The van der Waals surface area contributed by atoms with Crippen LogP contribution in [0.5, 0.6) is 0 Å². The van der Waals surface area contributed by atoms with E-state index >= 15 is 0 Å². The fourth-order valence-corrected chi connectivity index (χ4v) is 3.07. The lowest BCUT2D eigenvalue weighted by Gasteiger charge is -2.08. The lowest BCUT2D eigenvalue weighted by Crippen LogP contribution is -2.15. The van der Waals surface area contributed by atoms with Gasteiger partial charge in [0.1, 0.15) is 0 Å². The van der Waals surface area contributed by atoms with E-state index in [1.165, 1.54) is 24.3 Å². The van der Waals surface area contributed by atoms with Crippen LogP contribution < -0.4 is 0 Å². The molecule has 0 aliphatic heterocycles. The molecule has 0 unspecified atom stereocenters. The molecule has 0 N–H and O–H groups in total. The highest BCUT2D eigenvalue weighted by atomic mass is 32.2. The summed E-state index contributed by atoms with van der Waals surface area (Å²) in [5.74, 6) is 0. The second kappa shape index (κ2) is 7.43. The Balaban J connectivity index is 2.29. The highest BCUT2D eigenvalue weighted by Crippen LogP contribution is 2.15. The summed E-state index contributed by atoms with van der Waals surface area (Å²) in [5.41, 5.74) is 1.48. The monoisotopic (exact) mass is 374 g/mol. The summed E-state index contributed by atoms with van der Waals surface area (Å²) in [4.78, 5) is -0.835. The van der Waals surface area contributed by atoms with Crippen molar-refractivity contribution in [3.63, 3.8) is 0 Å². The van der Waals surface area contributed by atoms with Crippen molar-refractivity contribution < 1.29 is 30.7 Å². The molecule has 8 heteroatoms. The third-order valence-electron chi connectivity index (χ3n) is 2.96. The first-order valence-corrected chi connectivity index (χ1v) is 9.53. The molecule has 0 aliphatic carbocycles. The van der Waals surface area contributed by atoms with Crippen LogP contribution in [0.25, 0.3) is 0 Å². The Hall–Kier alpha value is -1.74. The van der Waals surface area contributed by atoms with Crippen molar-refractivity contribution in [3.8, 4) is 0 Å². The van der Waals surface area contributed by atoms with Crippen LogP contribution in [-0.4, -0.2) is 30.0 Å². The topological polar surface area (TPSA) is 86.7 Å². The van der Waals surface area contributed by atoms with E-state index in [1.54, 1.807) is 13.8 Å². The molecule has 6 nitrogen and oxygen atoms in total. The van der Waals surface area contributed by atoms with Crippen LogP contribution >= 0.6 is 0 Å². The van der Waals surface area contributed by atoms with Crippen molar-refractivity contribution >= 4 is 20.2 Å². The highest BCUT2D eigenvalue weighted by Gasteiger charge is 2.17. The Morgan fingerprint density at radius 2 is 1.00 bits per heavy atom. The summed E-state index contributed by atoms with van der Waals surface area (Å²) in [5, 5.41) is 0. The number of hydrogen-bond donors (Lipinski definition) is 0. The second-order valence-corrected chi connectivity index (χ2v) is 8.00. The standard InChI is InChI=1S/C16H18O6S2/c1-13-3-7-15(8-4-13)23(17,18)21-11-12-22-24(19,20)16-9-5-14(2)6-10-16/h3-10H,11-12H2,1-2H3/i11D2,12D2. The molecule has 0 fully saturated rings. The molecule has 0 saturated carbocycles. The molecule has 2 rings (SSSR count). The van der Waals surface area contributed by atoms with E-state index in [-0.39, 0.29) is 0 Å². The molecule has 0 amide bonds. The van der Waals surface area contributed by atoms with E-state index in [9.17, 15) is 16.8 Å². The summed E-state index contributed by atoms with van der Waals surface area (Å²) < 4.78 is 88.3. The van der Waals surface area contributed by atoms with Crippen LogP contribution in [0.2, 0.25) is 0 Å². The van der Waals surface area contributed by atoms with Gasteiger partial charge in [0, 0.05) is 0 Å². The Morgan fingerprint density at radius 3 is 1.29 bits per heavy atom. The van der Waals surface area contributed by atoms with Crippen LogP contribution in [0.1, 0.15) is 16.6 Å². The Bertz CT molecular complexity index is 960. The van der Waals surface area contributed by atoms with Crippen LogP contribution in [0.3, 0.4) is 0 Å². The van der Waals surface area contributed by atoms with E-state index < -0.39 is 43.1 Å². The van der Waals surface area contributed by atoms with Gasteiger partial charge in [-0.2, -0.15) is 16.8 Å². The first kappa shape index (κ1) is 13.5. The van der Waals surface area contributed by atoms with Gasteiger partial charge in [0.2, 0.25) is 0 Å². The normalized spacial score (nSPS) is 15.9. The molecule has 0 spiro atoms. The van der Waals surface area contributed by atoms with Gasteiger partial charge >= 0.3 is 0 Å². The first-order valence-electron chi connectivity index (χ1n) is 8.71. The van der Waals surface area contributed by atoms with Crippen molar-refractivity contribution in [2.45, 2.75) is 23.6 Å². The van der Waals surface area contributed by atoms with Crippen molar-refractivity contribution in [1.82, 2.24) is 0 Å². The van der Waals surface area contributed by atoms with Gasteiger partial charge in [-0.25, -0.2) is 0 Å². The summed E-state index contributed by atoms with van der Waals surface area (Å²) in [7, 11) is -9.47. The average molecular weight is 374 g/mol. The molecule has 130 valence electrons. The number of rotatable bonds is 7. The van der Waals surface area contributed by atoms with Crippen molar-refractivity contribution in [3.05, 3.63) is 59.7 Å². The summed E-state index contributed by atoms with van der Waals surface area (Å²) in [6.07, 6.45) is 0. The molecule has 0 saturated heterocycles. The molecule has 2 aromatic carbocycles. The first-order chi connectivity index (χ1) is 12.7. The molecule has 0 atom stereocenters. The van der Waals surface area contributed by atoms with Gasteiger partial charge in [-0.05, 0) is 38.1 Å². The highest BCUT2D eigenvalue weighted by molar-refractivity contribution is 7.87. The summed E-state index contributed by atoms with van der Waals surface area (Å²) in [6.45, 7) is -3.87. The molecule has 2 aromatic rings. The third kappa shape index (κ3) is 4.88. The zero-order valence-electron chi connectivity index (χ0n) is 16.9. The maximum atomic E-state index is 12.2. The maximum absolute atomic E-state index is 12.2. The Kier molecular flexibility index (Phi) is 4.19. The van der Waals surface area contributed by atoms with Gasteiger partial charge in [-0.1, -0.05) is 35.4 Å².